The summed E-state index contributed by atoms with van der Waals surface area (Å²) in [5.41, 5.74) is 6.43. The molecule has 1 atom stereocenters. The standard InChI is InChI=1S/C13H17N2O5PS/c1-9(16)12(8-22-7-6-21(18,19)20)15-13(17)10-2-4-11(14)5-3-10/h2-7,12H,8,14H2,1H3,(H,15,17)(H2,18,19,20)/t12-/m0/s1. The van der Waals surface area contributed by atoms with Crippen LogP contribution in [0.25, 0.3) is 0 Å². The number of nitrogen functional groups attached to an aromatic ring is 1. The Hall–Kier alpha value is -1.60. The van der Waals surface area contributed by atoms with Gasteiger partial charge in [0.1, 0.15) is 0 Å². The van der Waals surface area contributed by atoms with E-state index in [0.29, 0.717) is 11.3 Å². The molecule has 0 spiro atoms. The molecular formula is C13H17N2O5PS. The molecule has 0 aromatic heterocycles. The first-order chi connectivity index (χ1) is 10.2. The molecule has 1 rings (SSSR count). The van der Waals surface area contributed by atoms with Crippen molar-refractivity contribution in [3.8, 4) is 0 Å². The maximum Gasteiger partial charge on any atom is 0.349 e. The summed E-state index contributed by atoms with van der Waals surface area (Å²) in [5.74, 6) is 0.254. The van der Waals surface area contributed by atoms with Gasteiger partial charge in [-0.3, -0.25) is 14.2 Å². The monoisotopic (exact) mass is 344 g/mol. The van der Waals surface area contributed by atoms with Crippen LogP contribution in [0.3, 0.4) is 0 Å². The molecule has 1 amide bonds. The number of carbonyl (C=O) groups is 2. The predicted molar refractivity (Wildman–Crippen MR) is 86.4 cm³/mol. The molecule has 9 heteroatoms. The Morgan fingerprint density at radius 1 is 1.36 bits per heavy atom. The van der Waals surface area contributed by atoms with E-state index in [9.17, 15) is 14.2 Å². The van der Waals surface area contributed by atoms with Crippen LogP contribution >= 0.6 is 19.4 Å². The number of thioether (sulfide) groups is 1. The van der Waals surface area contributed by atoms with Crippen LogP contribution in [0.1, 0.15) is 17.3 Å². The minimum Gasteiger partial charge on any atom is -0.399 e. The second-order valence-corrected chi connectivity index (χ2v) is 6.88. The first-order valence-corrected chi connectivity index (χ1v) is 8.93. The largest absolute Gasteiger partial charge is 0.399 e. The molecule has 0 aliphatic rings. The van der Waals surface area contributed by atoms with Crippen molar-refractivity contribution in [1.82, 2.24) is 5.32 Å². The summed E-state index contributed by atoms with van der Waals surface area (Å²) < 4.78 is 10.6. The Balaban J connectivity index is 2.62. The molecular weight excluding hydrogens is 327 g/mol. The van der Waals surface area contributed by atoms with E-state index in [-0.39, 0.29) is 11.5 Å². The van der Waals surface area contributed by atoms with Gasteiger partial charge < -0.3 is 20.8 Å². The molecule has 120 valence electrons. The molecule has 0 bridgehead atoms. The predicted octanol–water partition coefficient (Wildman–Crippen LogP) is 1.34. The smallest absolute Gasteiger partial charge is 0.349 e. The van der Waals surface area contributed by atoms with Crippen molar-refractivity contribution in [2.24, 2.45) is 0 Å². The number of rotatable bonds is 7. The summed E-state index contributed by atoms with van der Waals surface area (Å²) in [6, 6.07) is 5.49. The Kier molecular flexibility index (Phi) is 6.83. The van der Waals surface area contributed by atoms with Crippen LogP contribution < -0.4 is 11.1 Å². The molecule has 0 fully saturated rings. The molecule has 0 saturated carbocycles. The van der Waals surface area contributed by atoms with Crippen molar-refractivity contribution in [3.63, 3.8) is 0 Å². The zero-order valence-corrected chi connectivity index (χ0v) is 13.5. The summed E-state index contributed by atoms with van der Waals surface area (Å²) in [6.07, 6.45) is 0. The average molecular weight is 344 g/mol. The molecule has 1 aromatic rings. The van der Waals surface area contributed by atoms with Gasteiger partial charge in [0.2, 0.25) is 0 Å². The van der Waals surface area contributed by atoms with Gasteiger partial charge in [-0.15, -0.1) is 11.8 Å². The van der Waals surface area contributed by atoms with E-state index in [1.165, 1.54) is 12.3 Å². The second-order valence-electron chi connectivity index (χ2n) is 4.47. The normalized spacial score (nSPS) is 13.0. The summed E-state index contributed by atoms with van der Waals surface area (Å²) in [4.78, 5) is 40.9. The minimum atomic E-state index is -4.21. The van der Waals surface area contributed by atoms with Crippen LogP contribution in [0.2, 0.25) is 0 Å². The molecule has 0 aliphatic heterocycles. The molecule has 0 saturated heterocycles. The van der Waals surface area contributed by atoms with Crippen molar-refractivity contribution in [1.29, 1.82) is 0 Å². The maximum atomic E-state index is 12.0. The van der Waals surface area contributed by atoms with Gasteiger partial charge in [-0.25, -0.2) is 0 Å². The minimum absolute atomic E-state index is 0.173. The zero-order valence-electron chi connectivity index (χ0n) is 11.8. The van der Waals surface area contributed by atoms with Gasteiger partial charge >= 0.3 is 7.60 Å². The van der Waals surface area contributed by atoms with E-state index in [4.69, 9.17) is 15.5 Å². The van der Waals surface area contributed by atoms with Crippen LogP contribution in [-0.4, -0.2) is 33.3 Å². The molecule has 1 aromatic carbocycles. The first kappa shape index (κ1) is 18.4. The molecule has 5 N–H and O–H groups in total. The van der Waals surface area contributed by atoms with Crippen molar-refractivity contribution >= 4 is 36.7 Å². The summed E-state index contributed by atoms with van der Waals surface area (Å²) in [6.45, 7) is 1.33. The molecule has 22 heavy (non-hydrogen) atoms. The van der Waals surface area contributed by atoms with E-state index < -0.39 is 19.5 Å². The summed E-state index contributed by atoms with van der Waals surface area (Å²) in [5, 5.41) is 3.79. The number of Topliss-reactive ketones (excluding diaryl/α,β-unsaturated/α-hetero) is 1. The zero-order chi connectivity index (χ0) is 16.8. The number of anilines is 1. The molecule has 0 heterocycles. The Morgan fingerprint density at radius 3 is 2.45 bits per heavy atom. The maximum absolute atomic E-state index is 12.0. The third-order valence-corrected chi connectivity index (χ3v) is 4.18. The highest BCUT2D eigenvalue weighted by Crippen LogP contribution is 2.36. The SMILES string of the molecule is CC(=O)[C@H](CSC=CP(=O)(O)O)NC(=O)c1ccc(N)cc1. The number of nitrogens with two attached hydrogens (primary N) is 1. The van der Waals surface area contributed by atoms with Crippen molar-refractivity contribution < 1.29 is 23.9 Å². The van der Waals surface area contributed by atoms with Crippen LogP contribution in [-0.2, 0) is 9.36 Å². The molecule has 0 aliphatic carbocycles. The van der Waals surface area contributed by atoms with E-state index >= 15 is 0 Å². The van der Waals surface area contributed by atoms with Crippen LogP contribution in [0.15, 0.2) is 35.5 Å². The lowest BCUT2D eigenvalue weighted by atomic mass is 10.1. The highest BCUT2D eigenvalue weighted by molar-refractivity contribution is 8.02. The quantitative estimate of drug-likeness (QED) is 0.434. The Morgan fingerprint density at radius 2 is 1.95 bits per heavy atom. The van der Waals surface area contributed by atoms with E-state index in [0.717, 1.165) is 17.6 Å². The van der Waals surface area contributed by atoms with Gasteiger partial charge in [-0.05, 0) is 36.6 Å². The lowest BCUT2D eigenvalue weighted by Gasteiger charge is -2.14. The van der Waals surface area contributed by atoms with Crippen molar-refractivity contribution in [2.75, 3.05) is 11.5 Å². The first-order valence-electron chi connectivity index (χ1n) is 6.20. The summed E-state index contributed by atoms with van der Waals surface area (Å²) >= 11 is 1.03. The number of hydrogen-bond donors (Lipinski definition) is 4. The van der Waals surface area contributed by atoms with Crippen molar-refractivity contribution in [2.45, 2.75) is 13.0 Å². The van der Waals surface area contributed by atoms with Gasteiger partial charge in [0, 0.05) is 22.8 Å². The van der Waals surface area contributed by atoms with Gasteiger partial charge in [0.05, 0.1) is 6.04 Å². The lowest BCUT2D eigenvalue weighted by molar-refractivity contribution is -0.118. The Labute approximate surface area is 132 Å². The highest BCUT2D eigenvalue weighted by Gasteiger charge is 2.17. The van der Waals surface area contributed by atoms with Crippen molar-refractivity contribution in [3.05, 3.63) is 41.1 Å². The fourth-order valence-corrected chi connectivity index (χ4v) is 3.01. The number of carbonyl (C=O) groups excluding carboxylic acids is 2. The second kappa shape index (κ2) is 8.14. The molecule has 7 nitrogen and oxygen atoms in total. The number of ketones is 1. The molecule has 0 radical (unpaired) electrons. The topological polar surface area (TPSA) is 130 Å². The fourth-order valence-electron chi connectivity index (χ4n) is 1.41. The van der Waals surface area contributed by atoms with E-state index in [1.54, 1.807) is 24.3 Å². The Bertz CT molecular complexity index is 611. The average Bonchev–Trinajstić information content (AvgIpc) is 2.41. The summed E-state index contributed by atoms with van der Waals surface area (Å²) in [7, 11) is -4.21. The van der Waals surface area contributed by atoms with E-state index in [2.05, 4.69) is 5.32 Å². The van der Waals surface area contributed by atoms with Crippen LogP contribution in [0.5, 0.6) is 0 Å². The van der Waals surface area contributed by atoms with Gasteiger partial charge in [0.25, 0.3) is 5.91 Å². The highest BCUT2D eigenvalue weighted by atomic mass is 32.2. The van der Waals surface area contributed by atoms with Crippen LogP contribution in [0, 0.1) is 0 Å². The van der Waals surface area contributed by atoms with Gasteiger partial charge in [0.15, 0.2) is 5.78 Å². The van der Waals surface area contributed by atoms with Gasteiger partial charge in [-0.2, -0.15) is 0 Å². The van der Waals surface area contributed by atoms with E-state index in [1.807, 2.05) is 0 Å². The number of nitrogens with one attached hydrogen (secondary N) is 1. The fraction of sp³-hybridized carbons (Fsp3) is 0.231. The number of hydrogen-bond acceptors (Lipinski definition) is 5. The third kappa shape index (κ3) is 6.91. The third-order valence-electron chi connectivity index (χ3n) is 2.58. The number of amides is 1. The molecule has 0 unspecified atom stereocenters. The van der Waals surface area contributed by atoms with Crippen LogP contribution in [0.4, 0.5) is 5.69 Å². The lowest BCUT2D eigenvalue weighted by Crippen LogP contribution is -2.41. The van der Waals surface area contributed by atoms with Gasteiger partial charge in [-0.1, -0.05) is 0 Å². The number of benzene rings is 1.